The average molecular weight is 215 g/mol. The lowest BCUT2D eigenvalue weighted by molar-refractivity contribution is -0.161. The summed E-state index contributed by atoms with van der Waals surface area (Å²) in [6.45, 7) is 1.47. The first-order valence-corrected chi connectivity index (χ1v) is 4.43. The van der Waals surface area contributed by atoms with Crippen molar-refractivity contribution in [2.75, 3.05) is 7.11 Å². The number of carboxylic acid groups (broad SMARTS) is 1. The SMILES string of the molecule is COC(C)(C(=O)O)c1ccccc1Cl. The van der Waals surface area contributed by atoms with E-state index in [0.29, 0.717) is 10.6 Å². The molecule has 3 nitrogen and oxygen atoms in total. The highest BCUT2D eigenvalue weighted by molar-refractivity contribution is 6.31. The van der Waals surface area contributed by atoms with Crippen LogP contribution in [0.15, 0.2) is 24.3 Å². The van der Waals surface area contributed by atoms with Crippen molar-refractivity contribution in [2.45, 2.75) is 12.5 Å². The van der Waals surface area contributed by atoms with Gasteiger partial charge in [-0.1, -0.05) is 29.8 Å². The van der Waals surface area contributed by atoms with Crippen molar-refractivity contribution in [1.29, 1.82) is 0 Å². The van der Waals surface area contributed by atoms with Gasteiger partial charge in [0.05, 0.1) is 0 Å². The third-order valence-corrected chi connectivity index (χ3v) is 2.53. The lowest BCUT2D eigenvalue weighted by atomic mass is 9.96. The van der Waals surface area contributed by atoms with Gasteiger partial charge in [0.25, 0.3) is 0 Å². The highest BCUT2D eigenvalue weighted by Crippen LogP contribution is 2.30. The van der Waals surface area contributed by atoms with Gasteiger partial charge in [0.1, 0.15) is 0 Å². The molecule has 0 bridgehead atoms. The Bertz CT molecular complexity index is 351. The molecule has 4 heteroatoms. The molecule has 0 aliphatic rings. The normalized spacial score (nSPS) is 14.8. The Labute approximate surface area is 87.3 Å². The highest BCUT2D eigenvalue weighted by atomic mass is 35.5. The Balaban J connectivity index is 3.26. The summed E-state index contributed by atoms with van der Waals surface area (Å²) in [5, 5.41) is 9.41. The molecule has 1 unspecified atom stereocenters. The Kier molecular flexibility index (Phi) is 3.13. The zero-order valence-electron chi connectivity index (χ0n) is 7.95. The van der Waals surface area contributed by atoms with Crippen LogP contribution in [0.2, 0.25) is 5.02 Å². The first-order valence-electron chi connectivity index (χ1n) is 4.06. The molecule has 0 saturated carbocycles. The number of aliphatic carboxylic acids is 1. The summed E-state index contributed by atoms with van der Waals surface area (Å²) < 4.78 is 4.98. The lowest BCUT2D eigenvalue weighted by Gasteiger charge is -2.24. The van der Waals surface area contributed by atoms with Crippen LogP contribution in [-0.2, 0) is 15.1 Å². The first-order chi connectivity index (χ1) is 6.52. The summed E-state index contributed by atoms with van der Waals surface area (Å²) >= 11 is 5.89. The molecule has 0 amide bonds. The fourth-order valence-corrected chi connectivity index (χ4v) is 1.48. The van der Waals surface area contributed by atoms with Crippen LogP contribution in [0.5, 0.6) is 0 Å². The van der Waals surface area contributed by atoms with Gasteiger partial charge >= 0.3 is 5.97 Å². The monoisotopic (exact) mass is 214 g/mol. The number of ether oxygens (including phenoxy) is 1. The van der Waals surface area contributed by atoms with Crippen LogP contribution in [0.1, 0.15) is 12.5 Å². The summed E-state index contributed by atoms with van der Waals surface area (Å²) in [6, 6.07) is 6.74. The Morgan fingerprint density at radius 1 is 1.50 bits per heavy atom. The summed E-state index contributed by atoms with van der Waals surface area (Å²) in [7, 11) is 1.34. The molecule has 0 radical (unpaired) electrons. The van der Waals surface area contributed by atoms with Crippen molar-refractivity contribution in [3.63, 3.8) is 0 Å². The van der Waals surface area contributed by atoms with E-state index >= 15 is 0 Å². The molecule has 0 saturated heterocycles. The van der Waals surface area contributed by atoms with E-state index in [1.165, 1.54) is 14.0 Å². The molecule has 1 aromatic rings. The molecule has 0 aliphatic carbocycles. The maximum absolute atomic E-state index is 11.0. The smallest absolute Gasteiger partial charge is 0.340 e. The van der Waals surface area contributed by atoms with Crippen LogP contribution in [0.4, 0.5) is 0 Å². The predicted octanol–water partition coefficient (Wildman–Crippen LogP) is 2.29. The number of halogens is 1. The van der Waals surface area contributed by atoms with Gasteiger partial charge in [-0.05, 0) is 13.0 Å². The topological polar surface area (TPSA) is 46.5 Å². The Morgan fingerprint density at radius 2 is 2.07 bits per heavy atom. The maximum atomic E-state index is 11.0. The van der Waals surface area contributed by atoms with E-state index in [1.807, 2.05) is 0 Å². The third-order valence-electron chi connectivity index (χ3n) is 2.20. The van der Waals surface area contributed by atoms with Gasteiger partial charge in [-0.2, -0.15) is 0 Å². The summed E-state index contributed by atoms with van der Waals surface area (Å²) in [6.07, 6.45) is 0. The van der Waals surface area contributed by atoms with Gasteiger partial charge in [0.15, 0.2) is 5.60 Å². The van der Waals surface area contributed by atoms with E-state index in [1.54, 1.807) is 24.3 Å². The predicted molar refractivity (Wildman–Crippen MR) is 53.4 cm³/mol. The highest BCUT2D eigenvalue weighted by Gasteiger charge is 2.36. The van der Waals surface area contributed by atoms with E-state index in [2.05, 4.69) is 0 Å². The van der Waals surface area contributed by atoms with Crippen molar-refractivity contribution in [3.8, 4) is 0 Å². The van der Waals surface area contributed by atoms with Gasteiger partial charge in [-0.3, -0.25) is 0 Å². The minimum atomic E-state index is -1.39. The van der Waals surface area contributed by atoms with Gasteiger partial charge in [0, 0.05) is 17.7 Å². The van der Waals surface area contributed by atoms with Gasteiger partial charge in [-0.15, -0.1) is 0 Å². The lowest BCUT2D eigenvalue weighted by Crippen LogP contribution is -2.34. The van der Waals surface area contributed by atoms with E-state index in [4.69, 9.17) is 21.4 Å². The largest absolute Gasteiger partial charge is 0.479 e. The molecular weight excluding hydrogens is 204 g/mol. The van der Waals surface area contributed by atoms with Crippen molar-refractivity contribution in [3.05, 3.63) is 34.9 Å². The van der Waals surface area contributed by atoms with Crippen LogP contribution in [-0.4, -0.2) is 18.2 Å². The quantitative estimate of drug-likeness (QED) is 0.840. The summed E-state index contributed by atoms with van der Waals surface area (Å²) in [5.74, 6) is -1.06. The molecule has 1 aromatic carbocycles. The number of rotatable bonds is 3. The molecular formula is C10H11ClO3. The number of hydrogen-bond acceptors (Lipinski definition) is 2. The van der Waals surface area contributed by atoms with Crippen LogP contribution < -0.4 is 0 Å². The van der Waals surface area contributed by atoms with Crippen LogP contribution in [0.25, 0.3) is 0 Å². The van der Waals surface area contributed by atoms with E-state index in [-0.39, 0.29) is 0 Å². The number of benzene rings is 1. The Morgan fingerprint density at radius 3 is 2.50 bits per heavy atom. The fourth-order valence-electron chi connectivity index (χ4n) is 1.16. The van der Waals surface area contributed by atoms with Crippen molar-refractivity contribution in [2.24, 2.45) is 0 Å². The molecule has 76 valence electrons. The van der Waals surface area contributed by atoms with E-state index in [0.717, 1.165) is 0 Å². The van der Waals surface area contributed by atoms with Gasteiger partial charge in [0.2, 0.25) is 0 Å². The molecule has 0 aromatic heterocycles. The molecule has 1 rings (SSSR count). The number of methoxy groups -OCH3 is 1. The van der Waals surface area contributed by atoms with Crippen LogP contribution >= 0.6 is 11.6 Å². The first kappa shape index (κ1) is 11.0. The second-order valence-corrected chi connectivity index (χ2v) is 3.43. The van der Waals surface area contributed by atoms with Crippen LogP contribution in [0, 0.1) is 0 Å². The molecule has 0 fully saturated rings. The van der Waals surface area contributed by atoms with Crippen molar-refractivity contribution in [1.82, 2.24) is 0 Å². The average Bonchev–Trinajstić information content (AvgIpc) is 2.17. The fraction of sp³-hybridized carbons (Fsp3) is 0.300. The number of carboxylic acids is 1. The molecule has 0 spiro atoms. The second-order valence-electron chi connectivity index (χ2n) is 3.02. The Hall–Kier alpha value is -1.06. The molecule has 14 heavy (non-hydrogen) atoms. The summed E-state index contributed by atoms with van der Waals surface area (Å²) in [5.41, 5.74) is -0.935. The number of hydrogen-bond donors (Lipinski definition) is 1. The standard InChI is InChI=1S/C10H11ClO3/c1-10(14-2,9(12)13)7-5-3-4-6-8(7)11/h3-6H,1-2H3,(H,12,13). The molecule has 0 heterocycles. The molecule has 0 aliphatic heterocycles. The maximum Gasteiger partial charge on any atom is 0.340 e. The van der Waals surface area contributed by atoms with Crippen molar-refractivity contribution < 1.29 is 14.6 Å². The van der Waals surface area contributed by atoms with E-state index < -0.39 is 11.6 Å². The van der Waals surface area contributed by atoms with Gasteiger partial charge in [-0.25, -0.2) is 4.79 Å². The van der Waals surface area contributed by atoms with Gasteiger partial charge < -0.3 is 9.84 Å². The minimum absolute atomic E-state index is 0.388. The molecule has 1 N–H and O–H groups in total. The molecule has 1 atom stereocenters. The third kappa shape index (κ3) is 1.74. The zero-order chi connectivity index (χ0) is 10.8. The van der Waals surface area contributed by atoms with Crippen molar-refractivity contribution >= 4 is 17.6 Å². The van der Waals surface area contributed by atoms with E-state index in [9.17, 15) is 4.79 Å². The summed E-state index contributed by atoms with van der Waals surface area (Å²) in [4.78, 5) is 11.0. The van der Waals surface area contributed by atoms with Crippen LogP contribution in [0.3, 0.4) is 0 Å². The number of carbonyl (C=O) groups is 1. The second kappa shape index (κ2) is 3.98. The minimum Gasteiger partial charge on any atom is -0.479 e. The zero-order valence-corrected chi connectivity index (χ0v) is 8.71.